The Balaban J connectivity index is 1.51. The molecule has 1 fully saturated rings. The van der Waals surface area contributed by atoms with Crippen LogP contribution < -0.4 is 5.32 Å². The topological polar surface area (TPSA) is 84.2 Å². The summed E-state index contributed by atoms with van der Waals surface area (Å²) in [5.74, 6) is -2.14. The zero-order valence-corrected chi connectivity index (χ0v) is 15.4. The number of nitrogens with zero attached hydrogens (tertiary/aromatic N) is 2. The molecule has 0 spiro atoms. The molecule has 2 aliphatic rings. The molecule has 0 aliphatic heterocycles. The van der Waals surface area contributed by atoms with Crippen molar-refractivity contribution in [3.63, 3.8) is 0 Å². The van der Waals surface area contributed by atoms with E-state index in [0.29, 0.717) is 6.54 Å². The summed E-state index contributed by atoms with van der Waals surface area (Å²) in [7, 11) is 0. The van der Waals surface area contributed by atoms with E-state index < -0.39 is 17.8 Å². The maximum absolute atomic E-state index is 12.8. The maximum Gasteiger partial charge on any atom is 0.307 e. The van der Waals surface area contributed by atoms with Gasteiger partial charge in [0.05, 0.1) is 23.2 Å². The van der Waals surface area contributed by atoms with Crippen LogP contribution in [0.15, 0.2) is 42.5 Å². The number of amides is 1. The Hall–Kier alpha value is -2.89. The van der Waals surface area contributed by atoms with Gasteiger partial charge in [-0.2, -0.15) is 5.10 Å². The number of aromatic nitrogens is 2. The van der Waals surface area contributed by atoms with Crippen molar-refractivity contribution in [1.29, 1.82) is 0 Å². The van der Waals surface area contributed by atoms with Crippen LogP contribution in [-0.2, 0) is 16.1 Å². The molecule has 2 aromatic rings. The molecule has 2 aliphatic carbocycles. The molecule has 6 nitrogen and oxygen atoms in total. The third kappa shape index (κ3) is 2.95. The smallest absolute Gasteiger partial charge is 0.307 e. The monoisotopic (exact) mass is 365 g/mol. The first-order valence-corrected chi connectivity index (χ1v) is 9.26. The highest BCUT2D eigenvalue weighted by atomic mass is 16.4. The van der Waals surface area contributed by atoms with Gasteiger partial charge in [0.15, 0.2) is 0 Å². The fourth-order valence-corrected chi connectivity index (χ4v) is 4.56. The highest BCUT2D eigenvalue weighted by Gasteiger charge is 2.51. The van der Waals surface area contributed by atoms with Gasteiger partial charge in [-0.25, -0.2) is 4.68 Å². The SMILES string of the molecule is Cc1nn(-c2ccccc2)c(C)c1CNC(=O)[C@@H]1[C@H](C(=O)O)[C@H]2C=C[C@H]1C2. The van der Waals surface area contributed by atoms with Gasteiger partial charge < -0.3 is 10.4 Å². The Morgan fingerprint density at radius 2 is 1.81 bits per heavy atom. The van der Waals surface area contributed by atoms with Gasteiger partial charge in [-0.3, -0.25) is 9.59 Å². The number of nitrogens with one attached hydrogen (secondary N) is 1. The fourth-order valence-electron chi connectivity index (χ4n) is 4.56. The number of aryl methyl sites for hydroxylation is 1. The lowest BCUT2D eigenvalue weighted by Gasteiger charge is -2.23. The van der Waals surface area contributed by atoms with Crippen LogP contribution >= 0.6 is 0 Å². The normalized spacial score (nSPS) is 25.7. The van der Waals surface area contributed by atoms with Crippen LogP contribution in [-0.4, -0.2) is 26.8 Å². The predicted molar refractivity (Wildman–Crippen MR) is 100 cm³/mol. The molecule has 4 rings (SSSR count). The number of allylic oxidation sites excluding steroid dienone is 2. The minimum Gasteiger partial charge on any atom is -0.481 e. The average molecular weight is 365 g/mol. The predicted octanol–water partition coefficient (Wildman–Crippen LogP) is 2.63. The van der Waals surface area contributed by atoms with Crippen LogP contribution in [0.25, 0.3) is 5.69 Å². The summed E-state index contributed by atoms with van der Waals surface area (Å²) in [6.07, 6.45) is 4.71. The standard InChI is InChI=1S/C21H23N3O3/c1-12-17(13(2)24(23-12)16-6-4-3-5-7-16)11-22-20(25)18-14-8-9-15(10-14)19(18)21(26)27/h3-9,14-15,18-19H,10-11H2,1-2H3,(H,22,25)(H,26,27)/t14-,15-,18-,19+/m0/s1. The van der Waals surface area contributed by atoms with Crippen molar-refractivity contribution >= 4 is 11.9 Å². The number of hydrogen-bond donors (Lipinski definition) is 2. The first-order valence-electron chi connectivity index (χ1n) is 9.26. The third-order valence-electron chi connectivity index (χ3n) is 5.93. The Labute approximate surface area is 157 Å². The second-order valence-electron chi connectivity index (χ2n) is 7.45. The average Bonchev–Trinajstić information content (AvgIpc) is 3.34. The van der Waals surface area contributed by atoms with Gasteiger partial charge in [-0.1, -0.05) is 30.4 Å². The summed E-state index contributed by atoms with van der Waals surface area (Å²) in [6, 6.07) is 9.85. The van der Waals surface area contributed by atoms with Crippen LogP contribution in [0.5, 0.6) is 0 Å². The number of carboxylic acids is 1. The third-order valence-corrected chi connectivity index (χ3v) is 5.93. The number of carbonyl (C=O) groups excluding carboxylic acids is 1. The Morgan fingerprint density at radius 3 is 2.48 bits per heavy atom. The minimum atomic E-state index is -0.878. The van der Waals surface area contributed by atoms with E-state index in [-0.39, 0.29) is 17.7 Å². The van der Waals surface area contributed by atoms with E-state index in [1.54, 1.807) is 0 Å². The molecule has 0 unspecified atom stereocenters. The molecule has 27 heavy (non-hydrogen) atoms. The molecule has 1 aromatic heterocycles. The Kier molecular flexibility index (Phi) is 4.34. The fraction of sp³-hybridized carbons (Fsp3) is 0.381. The van der Waals surface area contributed by atoms with Gasteiger partial charge in [0, 0.05) is 17.8 Å². The molecule has 4 atom stereocenters. The lowest BCUT2D eigenvalue weighted by molar-refractivity contribution is -0.147. The number of carbonyl (C=O) groups is 2. The largest absolute Gasteiger partial charge is 0.481 e. The highest BCUT2D eigenvalue weighted by Crippen LogP contribution is 2.48. The lowest BCUT2D eigenvalue weighted by Crippen LogP contribution is -2.40. The molecular weight excluding hydrogens is 342 g/mol. The molecule has 140 valence electrons. The molecule has 2 bridgehead atoms. The van der Waals surface area contributed by atoms with Crippen molar-refractivity contribution in [3.05, 3.63) is 59.4 Å². The van der Waals surface area contributed by atoms with Gasteiger partial charge in [-0.05, 0) is 44.2 Å². The Morgan fingerprint density at radius 1 is 1.15 bits per heavy atom. The van der Waals surface area contributed by atoms with E-state index in [4.69, 9.17) is 0 Å². The summed E-state index contributed by atoms with van der Waals surface area (Å²) >= 11 is 0. The number of rotatable bonds is 5. The van der Waals surface area contributed by atoms with Crippen molar-refractivity contribution in [3.8, 4) is 5.69 Å². The van der Waals surface area contributed by atoms with Crippen molar-refractivity contribution in [2.45, 2.75) is 26.8 Å². The highest BCUT2D eigenvalue weighted by molar-refractivity contribution is 5.86. The maximum atomic E-state index is 12.8. The summed E-state index contributed by atoms with van der Waals surface area (Å²) in [4.78, 5) is 24.4. The van der Waals surface area contributed by atoms with E-state index in [1.807, 2.05) is 61.0 Å². The molecule has 1 amide bonds. The van der Waals surface area contributed by atoms with E-state index in [0.717, 1.165) is 29.1 Å². The molecule has 1 heterocycles. The summed E-state index contributed by atoms with van der Waals surface area (Å²) < 4.78 is 1.87. The summed E-state index contributed by atoms with van der Waals surface area (Å²) in [5, 5.41) is 17.1. The lowest BCUT2D eigenvalue weighted by atomic mass is 9.82. The second kappa shape index (κ2) is 6.68. The summed E-state index contributed by atoms with van der Waals surface area (Å²) in [5.41, 5.74) is 3.78. The quantitative estimate of drug-likeness (QED) is 0.798. The van der Waals surface area contributed by atoms with E-state index >= 15 is 0 Å². The van der Waals surface area contributed by atoms with Crippen molar-refractivity contribution in [2.24, 2.45) is 23.7 Å². The van der Waals surface area contributed by atoms with E-state index in [1.165, 1.54) is 0 Å². The van der Waals surface area contributed by atoms with Crippen molar-refractivity contribution in [2.75, 3.05) is 0 Å². The van der Waals surface area contributed by atoms with Gasteiger partial charge in [0.25, 0.3) is 0 Å². The second-order valence-corrected chi connectivity index (χ2v) is 7.45. The molecule has 1 aromatic carbocycles. The first-order chi connectivity index (χ1) is 13.0. The zero-order chi connectivity index (χ0) is 19.1. The molecule has 0 radical (unpaired) electrons. The van der Waals surface area contributed by atoms with Gasteiger partial charge in [0.1, 0.15) is 0 Å². The number of aliphatic carboxylic acids is 1. The molecule has 1 saturated carbocycles. The van der Waals surface area contributed by atoms with Crippen LogP contribution in [0.2, 0.25) is 0 Å². The number of benzene rings is 1. The number of carboxylic acid groups (broad SMARTS) is 1. The van der Waals surface area contributed by atoms with Crippen LogP contribution in [0.1, 0.15) is 23.4 Å². The first kappa shape index (κ1) is 17.5. The van der Waals surface area contributed by atoms with Crippen molar-refractivity contribution < 1.29 is 14.7 Å². The number of fused-ring (bicyclic) bond motifs is 2. The van der Waals surface area contributed by atoms with E-state index in [2.05, 4.69) is 10.4 Å². The molecule has 6 heteroatoms. The van der Waals surface area contributed by atoms with Crippen molar-refractivity contribution in [1.82, 2.24) is 15.1 Å². The van der Waals surface area contributed by atoms with Crippen LogP contribution in [0.4, 0.5) is 0 Å². The van der Waals surface area contributed by atoms with Crippen LogP contribution in [0.3, 0.4) is 0 Å². The van der Waals surface area contributed by atoms with Gasteiger partial charge in [-0.15, -0.1) is 0 Å². The molecule has 0 saturated heterocycles. The zero-order valence-electron chi connectivity index (χ0n) is 15.4. The Bertz CT molecular complexity index is 916. The van der Waals surface area contributed by atoms with Gasteiger partial charge >= 0.3 is 5.97 Å². The minimum absolute atomic E-state index is 0.0208. The molecule has 2 N–H and O–H groups in total. The van der Waals surface area contributed by atoms with Gasteiger partial charge in [0.2, 0.25) is 5.91 Å². The summed E-state index contributed by atoms with van der Waals surface area (Å²) in [6.45, 7) is 4.26. The number of para-hydroxylation sites is 1. The number of hydrogen-bond acceptors (Lipinski definition) is 3. The van der Waals surface area contributed by atoms with Crippen LogP contribution in [0, 0.1) is 37.5 Å². The van der Waals surface area contributed by atoms with E-state index in [9.17, 15) is 14.7 Å². The molecular formula is C21H23N3O3.